The van der Waals surface area contributed by atoms with Crippen LogP contribution in [-0.2, 0) is 0 Å². The predicted molar refractivity (Wildman–Crippen MR) is 84.1 cm³/mol. The van der Waals surface area contributed by atoms with Crippen LogP contribution in [0.1, 0.15) is 0 Å². The van der Waals surface area contributed by atoms with Crippen LogP contribution >= 0.6 is 0 Å². The molecule has 0 unspecified atom stereocenters. The molecule has 96 valence electrons. The van der Waals surface area contributed by atoms with Crippen molar-refractivity contribution < 1.29 is 18.9 Å². The Hall–Kier alpha value is 1.34. The molecule has 1 heterocycles. The number of nitrogens with one attached hydrogen (secondary N) is 1. The fourth-order valence-corrected chi connectivity index (χ4v) is 37.6. The van der Waals surface area contributed by atoms with Gasteiger partial charge in [-0.05, 0) is 29.9 Å². The van der Waals surface area contributed by atoms with E-state index in [4.69, 9.17) is 4.65 Å². The van der Waals surface area contributed by atoms with E-state index in [1.165, 1.54) is 0 Å². The van der Waals surface area contributed by atoms with Crippen LogP contribution in [0, 0.1) is 0 Å². The van der Waals surface area contributed by atoms with Crippen LogP contribution in [-0.4, -0.2) is 37.3 Å². The molecule has 0 aliphatic carbocycles. The molecule has 1 saturated heterocycles. The van der Waals surface area contributed by atoms with Gasteiger partial charge in [0.2, 0.25) is 0 Å². The molecule has 0 spiro atoms. The van der Waals surface area contributed by atoms with Gasteiger partial charge >= 0.3 is 18.9 Å². The molecule has 0 aromatic heterocycles. The number of hydrogen-bond donors (Lipinski definition) is 1. The Balaban J connectivity index is 0.00000256. The van der Waals surface area contributed by atoms with Crippen molar-refractivity contribution in [3.05, 3.63) is 4.65 Å². The summed E-state index contributed by atoms with van der Waals surface area (Å²) in [7, 11) is -5.77. The molecule has 0 saturated carbocycles. The van der Waals surface area contributed by atoms with E-state index in [0.29, 0.717) is 0 Å². The van der Waals surface area contributed by atoms with Crippen LogP contribution in [0.5, 0.6) is 0 Å². The Morgan fingerprint density at radius 2 is 1.35 bits per heavy atom. The monoisotopic (exact) mass is 297 g/mol. The summed E-state index contributed by atoms with van der Waals surface area (Å²) < 4.78 is 12.1. The number of rotatable bonds is 1. The summed E-state index contributed by atoms with van der Waals surface area (Å²) in [5.41, 5.74) is 0. The molecule has 1 aliphatic rings. The molecular weight excluding hydrogens is 269 g/mol. The first-order valence-electron chi connectivity index (χ1n) is 6.12. The van der Waals surface area contributed by atoms with Crippen LogP contribution in [0.2, 0.25) is 58.9 Å². The van der Waals surface area contributed by atoms with Crippen molar-refractivity contribution in [1.82, 2.24) is 8.54 Å². The maximum absolute atomic E-state index is 5.25. The third kappa shape index (κ3) is 4.16. The van der Waals surface area contributed by atoms with E-state index in [9.17, 15) is 0 Å². The number of hydrogen-bond acceptors (Lipinski definition) is 2. The first-order valence-corrected chi connectivity index (χ1v) is 18.4. The van der Waals surface area contributed by atoms with E-state index >= 15 is 0 Å². The van der Waals surface area contributed by atoms with Crippen molar-refractivity contribution in [2.75, 3.05) is 0 Å². The minimum absolute atomic E-state index is 0. The standard InChI is InChI=1S/C9H28N3Si4.Li/c1-13(2,3)12-15(6,7)10-14(4,5)11-16(12,8)9;/h10H,1-9H3;/q-1;+1. The van der Waals surface area contributed by atoms with Gasteiger partial charge in [-0.2, -0.15) is 0 Å². The van der Waals surface area contributed by atoms with Crippen LogP contribution in [0.3, 0.4) is 0 Å². The summed E-state index contributed by atoms with van der Waals surface area (Å²) in [5, 5.41) is 0. The second kappa shape index (κ2) is 5.03. The fourth-order valence-electron chi connectivity index (χ4n) is 3.91. The summed E-state index contributed by atoms with van der Waals surface area (Å²) in [6.07, 6.45) is 0. The van der Waals surface area contributed by atoms with E-state index in [1.54, 1.807) is 0 Å². The van der Waals surface area contributed by atoms with E-state index in [2.05, 4.69) is 67.5 Å². The maximum Gasteiger partial charge on any atom is 1.00 e. The first-order chi connectivity index (χ1) is 6.78. The summed E-state index contributed by atoms with van der Waals surface area (Å²) in [6, 6.07) is 0. The van der Waals surface area contributed by atoms with Crippen molar-refractivity contribution in [3.8, 4) is 0 Å². The quantitative estimate of drug-likeness (QED) is 0.701. The molecule has 1 N–H and O–H groups in total. The molecule has 0 atom stereocenters. The van der Waals surface area contributed by atoms with Gasteiger partial charge in [0.1, 0.15) is 8.24 Å². The van der Waals surface area contributed by atoms with Gasteiger partial charge in [-0.3, -0.25) is 0 Å². The summed E-state index contributed by atoms with van der Waals surface area (Å²) in [4.78, 5) is 0. The molecule has 8 heteroatoms. The average Bonchev–Trinajstić information content (AvgIpc) is 1.67. The Morgan fingerprint density at radius 1 is 0.941 bits per heavy atom. The normalized spacial score (nSPS) is 27.4. The van der Waals surface area contributed by atoms with Gasteiger partial charge in [-0.1, -0.05) is 45.8 Å². The Labute approximate surface area is 124 Å². The molecule has 0 aromatic carbocycles. The van der Waals surface area contributed by atoms with Crippen LogP contribution in [0.4, 0.5) is 0 Å². The van der Waals surface area contributed by atoms with Gasteiger partial charge in [0.15, 0.2) is 8.40 Å². The largest absolute Gasteiger partial charge is 1.00 e. The second-order valence-corrected chi connectivity index (χ2v) is 25.5. The third-order valence-electron chi connectivity index (χ3n) is 2.94. The van der Waals surface area contributed by atoms with Crippen LogP contribution in [0.15, 0.2) is 0 Å². The molecule has 17 heavy (non-hydrogen) atoms. The van der Waals surface area contributed by atoms with E-state index in [0.717, 1.165) is 0 Å². The number of nitrogens with zero attached hydrogens (tertiary/aromatic N) is 2. The zero-order chi connectivity index (χ0) is 13.0. The van der Waals surface area contributed by atoms with Crippen LogP contribution < -0.4 is 23.5 Å². The molecule has 3 nitrogen and oxygen atoms in total. The Kier molecular flexibility index (Phi) is 5.43. The summed E-state index contributed by atoms with van der Waals surface area (Å²) >= 11 is 0. The van der Waals surface area contributed by atoms with Crippen LogP contribution in [0.25, 0.3) is 4.65 Å². The van der Waals surface area contributed by atoms with E-state index in [1.807, 2.05) is 0 Å². The smallest absolute Gasteiger partial charge is 0.644 e. The minimum Gasteiger partial charge on any atom is -0.644 e. The summed E-state index contributed by atoms with van der Waals surface area (Å²) in [5.74, 6) is 0. The topological polar surface area (TPSA) is 29.4 Å². The second-order valence-electron chi connectivity index (χ2n) is 7.36. The van der Waals surface area contributed by atoms with Crippen molar-refractivity contribution in [2.45, 2.75) is 58.9 Å². The third-order valence-corrected chi connectivity index (χ3v) is 26.5. The fraction of sp³-hybridized carbons (Fsp3) is 1.00. The molecule has 0 radical (unpaired) electrons. The summed E-state index contributed by atoms with van der Waals surface area (Å²) in [6.45, 7) is 21.9. The van der Waals surface area contributed by atoms with Gasteiger partial charge in [0, 0.05) is 0 Å². The van der Waals surface area contributed by atoms with Crippen molar-refractivity contribution in [1.29, 1.82) is 0 Å². The van der Waals surface area contributed by atoms with Gasteiger partial charge in [0.05, 0.1) is 0 Å². The Morgan fingerprint density at radius 3 is 1.65 bits per heavy atom. The van der Waals surface area contributed by atoms with E-state index < -0.39 is 33.4 Å². The van der Waals surface area contributed by atoms with Crippen molar-refractivity contribution in [2.24, 2.45) is 0 Å². The molecular formula is C9H28LiN3Si4. The zero-order valence-electron chi connectivity index (χ0n) is 13.4. The van der Waals surface area contributed by atoms with Crippen molar-refractivity contribution >= 4 is 33.4 Å². The first kappa shape index (κ1) is 18.3. The van der Waals surface area contributed by atoms with Gasteiger partial charge in [-0.15, -0.1) is 0 Å². The molecule has 1 fully saturated rings. The minimum atomic E-state index is -1.55. The SMILES string of the molecule is C[Si]1(C)[N-][Si](C)(C)N([Si](C)(C)C)[Si](C)(C)N1.[Li+]. The predicted octanol–water partition coefficient (Wildman–Crippen LogP) is 0.210. The van der Waals surface area contributed by atoms with Gasteiger partial charge < -0.3 is 13.2 Å². The van der Waals surface area contributed by atoms with Gasteiger partial charge in [-0.25, -0.2) is 0 Å². The van der Waals surface area contributed by atoms with E-state index in [-0.39, 0.29) is 18.9 Å². The zero-order valence-corrected chi connectivity index (χ0v) is 17.4. The molecule has 0 aromatic rings. The molecule has 1 rings (SSSR count). The Bertz CT molecular complexity index is 268. The molecule has 0 bridgehead atoms. The maximum atomic E-state index is 5.25. The molecule has 0 amide bonds. The van der Waals surface area contributed by atoms with Gasteiger partial charge in [0.25, 0.3) is 0 Å². The van der Waals surface area contributed by atoms with Crippen molar-refractivity contribution in [3.63, 3.8) is 0 Å². The average molecular weight is 298 g/mol. The molecule has 1 aliphatic heterocycles.